The summed E-state index contributed by atoms with van der Waals surface area (Å²) in [7, 11) is 0. The molecule has 18 heavy (non-hydrogen) atoms. The van der Waals surface area contributed by atoms with E-state index in [1.807, 2.05) is 6.92 Å². The summed E-state index contributed by atoms with van der Waals surface area (Å²) in [5, 5.41) is 9.47. The molecule has 0 amide bonds. The molecule has 4 nitrogen and oxygen atoms in total. The van der Waals surface area contributed by atoms with Gasteiger partial charge in [0.25, 0.3) is 0 Å². The maximum Gasteiger partial charge on any atom is 0.309 e. The van der Waals surface area contributed by atoms with Crippen LogP contribution in [-0.4, -0.2) is 30.1 Å². The van der Waals surface area contributed by atoms with Crippen molar-refractivity contribution in [2.75, 3.05) is 13.2 Å². The first-order chi connectivity index (χ1) is 8.42. The van der Waals surface area contributed by atoms with Crippen LogP contribution in [0.5, 0.6) is 0 Å². The van der Waals surface area contributed by atoms with Gasteiger partial charge < -0.3 is 14.6 Å². The number of ether oxygens (including phenoxy) is 2. The Kier molecular flexibility index (Phi) is 3.52. The summed E-state index contributed by atoms with van der Waals surface area (Å²) < 4.78 is 11.6. The molecule has 0 aromatic heterocycles. The van der Waals surface area contributed by atoms with Crippen molar-refractivity contribution in [2.45, 2.75) is 45.8 Å². The van der Waals surface area contributed by atoms with Crippen LogP contribution in [0.1, 0.15) is 40.0 Å². The summed E-state index contributed by atoms with van der Waals surface area (Å²) in [6, 6.07) is 0. The van der Waals surface area contributed by atoms with Crippen molar-refractivity contribution in [1.29, 1.82) is 0 Å². The minimum absolute atomic E-state index is 0.134. The Hall–Kier alpha value is -0.870. The summed E-state index contributed by atoms with van der Waals surface area (Å²) in [5.74, 6) is -1.61. The monoisotopic (exact) mass is 254 g/mol. The van der Waals surface area contributed by atoms with Crippen LogP contribution in [0.4, 0.5) is 0 Å². The number of carbonyl (C=O) groups is 1. The molecule has 0 aromatic rings. The van der Waals surface area contributed by atoms with Crippen molar-refractivity contribution in [2.24, 2.45) is 11.3 Å². The average Bonchev–Trinajstić information content (AvgIpc) is 2.78. The topological polar surface area (TPSA) is 55.8 Å². The van der Waals surface area contributed by atoms with Gasteiger partial charge in [-0.25, -0.2) is 0 Å². The van der Waals surface area contributed by atoms with Gasteiger partial charge in [0, 0.05) is 12.3 Å². The number of hydrogen-bond donors (Lipinski definition) is 1. The summed E-state index contributed by atoms with van der Waals surface area (Å²) in [6.45, 7) is 6.68. The summed E-state index contributed by atoms with van der Waals surface area (Å²) in [5.41, 5.74) is 0.456. The molecular weight excluding hydrogens is 232 g/mol. The van der Waals surface area contributed by atoms with E-state index in [2.05, 4.69) is 6.08 Å². The maximum atomic E-state index is 11.5. The smallest absolute Gasteiger partial charge is 0.309 e. The third kappa shape index (κ3) is 2.08. The van der Waals surface area contributed by atoms with Gasteiger partial charge in [-0.05, 0) is 33.6 Å². The van der Waals surface area contributed by atoms with Gasteiger partial charge in [0.1, 0.15) is 0 Å². The highest BCUT2D eigenvalue weighted by Crippen LogP contribution is 2.50. The molecule has 2 fully saturated rings. The fraction of sp³-hybridized carbons (Fsp3) is 0.786. The number of carboxylic acids is 1. The highest BCUT2D eigenvalue weighted by Gasteiger charge is 2.55. The Morgan fingerprint density at radius 3 is 2.56 bits per heavy atom. The molecule has 0 bridgehead atoms. The van der Waals surface area contributed by atoms with Crippen molar-refractivity contribution < 1.29 is 19.4 Å². The molecule has 4 heteroatoms. The van der Waals surface area contributed by atoms with Crippen molar-refractivity contribution in [3.05, 3.63) is 11.6 Å². The summed E-state index contributed by atoms with van der Waals surface area (Å²) in [4.78, 5) is 11.5. The van der Waals surface area contributed by atoms with Gasteiger partial charge in [-0.3, -0.25) is 4.79 Å². The van der Waals surface area contributed by atoms with E-state index in [0.717, 1.165) is 19.3 Å². The summed E-state index contributed by atoms with van der Waals surface area (Å²) in [6.07, 6.45) is 4.53. The van der Waals surface area contributed by atoms with Gasteiger partial charge in [0.05, 0.1) is 18.6 Å². The van der Waals surface area contributed by atoms with Gasteiger partial charge in [-0.1, -0.05) is 11.6 Å². The largest absolute Gasteiger partial charge is 0.481 e. The Morgan fingerprint density at radius 1 is 1.44 bits per heavy atom. The highest BCUT2D eigenvalue weighted by molar-refractivity contribution is 5.74. The van der Waals surface area contributed by atoms with Crippen LogP contribution in [0.15, 0.2) is 11.6 Å². The fourth-order valence-corrected chi connectivity index (χ4v) is 3.06. The lowest BCUT2D eigenvalue weighted by Gasteiger charge is -2.46. The second-order valence-electron chi connectivity index (χ2n) is 5.74. The average molecular weight is 254 g/mol. The van der Waals surface area contributed by atoms with E-state index in [9.17, 15) is 9.90 Å². The fourth-order valence-electron chi connectivity index (χ4n) is 3.06. The maximum absolute atomic E-state index is 11.5. The third-order valence-electron chi connectivity index (χ3n) is 4.40. The molecule has 1 heterocycles. The van der Waals surface area contributed by atoms with Crippen molar-refractivity contribution in [1.82, 2.24) is 0 Å². The second-order valence-corrected chi connectivity index (χ2v) is 5.74. The molecule has 1 spiro atoms. The van der Waals surface area contributed by atoms with E-state index in [1.165, 1.54) is 5.57 Å². The minimum atomic E-state index is -0.848. The number of rotatable bonds is 2. The Bertz CT molecular complexity index is 364. The quantitative estimate of drug-likeness (QED) is 0.769. The molecule has 0 aromatic carbocycles. The Balaban J connectivity index is 2.33. The lowest BCUT2D eigenvalue weighted by atomic mass is 9.66. The van der Waals surface area contributed by atoms with Gasteiger partial charge in [-0.2, -0.15) is 0 Å². The third-order valence-corrected chi connectivity index (χ3v) is 4.40. The van der Waals surface area contributed by atoms with Gasteiger partial charge in [0.2, 0.25) is 0 Å². The molecule has 1 aliphatic heterocycles. The standard InChI is InChI=1S/C14H22O4/c1-4-10-5-6-14(17-7-8-18-14)11(9-10)13(2,3)12(15)16/h4,11H,5-9H2,1-3H3,(H,15,16)/b10-4+. The minimum Gasteiger partial charge on any atom is -0.481 e. The van der Waals surface area contributed by atoms with Crippen LogP contribution in [0.2, 0.25) is 0 Å². The first-order valence-electron chi connectivity index (χ1n) is 6.58. The van der Waals surface area contributed by atoms with Crippen LogP contribution in [0.3, 0.4) is 0 Å². The van der Waals surface area contributed by atoms with Crippen LogP contribution in [-0.2, 0) is 14.3 Å². The van der Waals surface area contributed by atoms with E-state index in [0.29, 0.717) is 13.2 Å². The molecule has 1 atom stereocenters. The SMILES string of the molecule is C/C=C1\CCC2(OCCO2)C(C(C)(C)C(=O)O)C1. The first-order valence-corrected chi connectivity index (χ1v) is 6.58. The number of carboxylic acid groups (broad SMARTS) is 1. The molecule has 102 valence electrons. The molecule has 1 aliphatic carbocycles. The second kappa shape index (κ2) is 4.67. The lowest BCUT2D eigenvalue weighted by Crippen LogP contribution is -2.51. The lowest BCUT2D eigenvalue weighted by molar-refractivity contribution is -0.232. The normalized spacial score (nSPS) is 29.9. The predicted molar refractivity (Wildman–Crippen MR) is 67.1 cm³/mol. The van der Waals surface area contributed by atoms with Crippen LogP contribution in [0, 0.1) is 11.3 Å². The Morgan fingerprint density at radius 2 is 2.06 bits per heavy atom. The molecule has 2 aliphatic rings. The van der Waals surface area contributed by atoms with E-state index >= 15 is 0 Å². The first kappa shape index (κ1) is 13.6. The molecule has 0 radical (unpaired) electrons. The van der Waals surface area contributed by atoms with Gasteiger partial charge >= 0.3 is 5.97 Å². The van der Waals surface area contributed by atoms with Crippen LogP contribution < -0.4 is 0 Å². The molecule has 1 saturated heterocycles. The zero-order chi connectivity index (χ0) is 13.4. The number of hydrogen-bond acceptors (Lipinski definition) is 3. The van der Waals surface area contributed by atoms with E-state index < -0.39 is 17.2 Å². The number of aliphatic carboxylic acids is 1. The predicted octanol–water partition coefficient (Wildman–Crippen LogP) is 2.59. The highest BCUT2D eigenvalue weighted by atomic mass is 16.7. The van der Waals surface area contributed by atoms with Gasteiger partial charge in [-0.15, -0.1) is 0 Å². The van der Waals surface area contributed by atoms with E-state index in [-0.39, 0.29) is 5.92 Å². The molecule has 1 saturated carbocycles. The zero-order valence-electron chi connectivity index (χ0n) is 11.4. The zero-order valence-corrected chi connectivity index (χ0v) is 11.4. The van der Waals surface area contributed by atoms with Crippen LogP contribution in [0.25, 0.3) is 0 Å². The summed E-state index contributed by atoms with van der Waals surface area (Å²) >= 11 is 0. The van der Waals surface area contributed by atoms with Crippen molar-refractivity contribution >= 4 is 5.97 Å². The van der Waals surface area contributed by atoms with E-state index in [4.69, 9.17) is 9.47 Å². The molecular formula is C14H22O4. The van der Waals surface area contributed by atoms with Crippen molar-refractivity contribution in [3.63, 3.8) is 0 Å². The van der Waals surface area contributed by atoms with Gasteiger partial charge in [0.15, 0.2) is 5.79 Å². The van der Waals surface area contributed by atoms with Crippen molar-refractivity contribution in [3.8, 4) is 0 Å². The van der Waals surface area contributed by atoms with Crippen LogP contribution >= 0.6 is 0 Å². The number of allylic oxidation sites excluding steroid dienone is 2. The molecule has 1 unspecified atom stereocenters. The van der Waals surface area contributed by atoms with E-state index in [1.54, 1.807) is 13.8 Å². The molecule has 1 N–H and O–H groups in total. The Labute approximate surface area is 108 Å². The molecule has 2 rings (SSSR count).